The van der Waals surface area contributed by atoms with Gasteiger partial charge in [0.2, 0.25) is 0 Å². The van der Waals surface area contributed by atoms with Crippen molar-refractivity contribution in [3.63, 3.8) is 0 Å². The number of benzene rings is 1. The summed E-state index contributed by atoms with van der Waals surface area (Å²) in [6.07, 6.45) is 0. The SMILES string of the molecule is O=C(Nc1ccc(I)cc1Cl)c1cc(Cl)nnc1Cl. The number of halogens is 4. The number of hydrogen-bond donors (Lipinski definition) is 1. The van der Waals surface area contributed by atoms with E-state index in [0.29, 0.717) is 10.7 Å². The normalized spacial score (nSPS) is 10.3. The highest BCUT2D eigenvalue weighted by molar-refractivity contribution is 14.1. The van der Waals surface area contributed by atoms with Crippen molar-refractivity contribution in [2.45, 2.75) is 0 Å². The number of hydrogen-bond acceptors (Lipinski definition) is 3. The van der Waals surface area contributed by atoms with Gasteiger partial charge in [-0.2, -0.15) is 0 Å². The second-order valence-corrected chi connectivity index (χ2v) is 5.85. The molecule has 1 heterocycles. The summed E-state index contributed by atoms with van der Waals surface area (Å²) in [5.74, 6) is -0.454. The predicted octanol–water partition coefficient (Wildman–Crippen LogP) is 4.29. The summed E-state index contributed by atoms with van der Waals surface area (Å²) >= 11 is 19.6. The Hall–Kier alpha value is -0.630. The van der Waals surface area contributed by atoms with E-state index in [0.717, 1.165) is 3.57 Å². The van der Waals surface area contributed by atoms with Gasteiger partial charge in [0.15, 0.2) is 10.3 Å². The van der Waals surface area contributed by atoms with E-state index in [2.05, 4.69) is 38.1 Å². The van der Waals surface area contributed by atoms with Crippen LogP contribution in [0.1, 0.15) is 10.4 Å². The Balaban J connectivity index is 2.28. The van der Waals surface area contributed by atoms with Crippen molar-refractivity contribution in [1.82, 2.24) is 10.2 Å². The van der Waals surface area contributed by atoms with Gasteiger partial charge in [0.25, 0.3) is 5.91 Å². The van der Waals surface area contributed by atoms with Crippen LogP contribution in [-0.2, 0) is 0 Å². The second-order valence-electron chi connectivity index (χ2n) is 3.45. The van der Waals surface area contributed by atoms with E-state index in [1.165, 1.54) is 6.07 Å². The van der Waals surface area contributed by atoms with Crippen LogP contribution in [0.4, 0.5) is 5.69 Å². The number of amides is 1. The third-order valence-electron chi connectivity index (χ3n) is 2.14. The smallest absolute Gasteiger partial charge is 0.259 e. The summed E-state index contributed by atoms with van der Waals surface area (Å²) in [5, 5.41) is 10.2. The van der Waals surface area contributed by atoms with Crippen molar-refractivity contribution >= 4 is 69.0 Å². The molecule has 0 saturated carbocycles. The maximum atomic E-state index is 12.0. The molecule has 8 heteroatoms. The summed E-state index contributed by atoms with van der Waals surface area (Å²) in [5.41, 5.74) is 0.618. The van der Waals surface area contributed by atoms with Crippen molar-refractivity contribution in [1.29, 1.82) is 0 Å². The zero-order chi connectivity index (χ0) is 14.0. The lowest BCUT2D eigenvalue weighted by Crippen LogP contribution is -2.13. The van der Waals surface area contributed by atoms with Crippen molar-refractivity contribution in [2.24, 2.45) is 0 Å². The average Bonchev–Trinajstić information content (AvgIpc) is 2.35. The lowest BCUT2D eigenvalue weighted by Gasteiger charge is -2.08. The molecule has 0 fully saturated rings. The topological polar surface area (TPSA) is 54.9 Å². The standard InChI is InChI=1S/C11H5Cl3IN3O/c12-7-3-5(15)1-2-8(7)16-11(19)6-4-9(13)17-18-10(6)14/h1-4H,(H,16,19). The van der Waals surface area contributed by atoms with E-state index in [1.807, 2.05) is 6.07 Å². The molecule has 0 spiro atoms. The van der Waals surface area contributed by atoms with Crippen LogP contribution >= 0.6 is 57.4 Å². The Kier molecular flexibility index (Phi) is 4.83. The molecular weight excluding hydrogens is 423 g/mol. The molecule has 19 heavy (non-hydrogen) atoms. The summed E-state index contributed by atoms with van der Waals surface area (Å²) in [6.45, 7) is 0. The number of nitrogens with one attached hydrogen (secondary N) is 1. The highest BCUT2D eigenvalue weighted by Crippen LogP contribution is 2.25. The second kappa shape index (κ2) is 6.21. The highest BCUT2D eigenvalue weighted by atomic mass is 127. The zero-order valence-electron chi connectivity index (χ0n) is 9.12. The van der Waals surface area contributed by atoms with E-state index in [4.69, 9.17) is 34.8 Å². The van der Waals surface area contributed by atoms with E-state index in [1.54, 1.807) is 12.1 Å². The maximum absolute atomic E-state index is 12.0. The fourth-order valence-corrected chi connectivity index (χ4v) is 2.52. The zero-order valence-corrected chi connectivity index (χ0v) is 13.5. The van der Waals surface area contributed by atoms with E-state index >= 15 is 0 Å². The van der Waals surface area contributed by atoms with Gasteiger partial charge in [-0.05, 0) is 46.9 Å². The third kappa shape index (κ3) is 3.68. The molecule has 0 atom stereocenters. The van der Waals surface area contributed by atoms with Crippen LogP contribution in [0.3, 0.4) is 0 Å². The molecule has 0 aliphatic carbocycles. The minimum Gasteiger partial charge on any atom is -0.321 e. The molecule has 1 aromatic heterocycles. The first-order valence-electron chi connectivity index (χ1n) is 4.92. The molecule has 0 aliphatic heterocycles. The molecule has 2 rings (SSSR count). The number of carbonyl (C=O) groups is 1. The Labute approximate surface area is 137 Å². The van der Waals surface area contributed by atoms with Crippen LogP contribution in [0.15, 0.2) is 24.3 Å². The summed E-state index contributed by atoms with van der Waals surface area (Å²) in [4.78, 5) is 12.0. The number of aromatic nitrogens is 2. The van der Waals surface area contributed by atoms with Crippen LogP contribution in [0, 0.1) is 3.57 Å². The number of anilines is 1. The molecule has 4 nitrogen and oxygen atoms in total. The first-order chi connectivity index (χ1) is 8.97. The van der Waals surface area contributed by atoms with Crippen LogP contribution in [0.2, 0.25) is 15.3 Å². The van der Waals surface area contributed by atoms with Gasteiger partial charge in [0.1, 0.15) is 0 Å². The molecule has 1 aromatic carbocycles. The van der Waals surface area contributed by atoms with Crippen molar-refractivity contribution in [3.8, 4) is 0 Å². The number of rotatable bonds is 2. The van der Waals surface area contributed by atoms with Crippen molar-refractivity contribution in [2.75, 3.05) is 5.32 Å². The number of carbonyl (C=O) groups excluding carboxylic acids is 1. The molecule has 1 N–H and O–H groups in total. The fourth-order valence-electron chi connectivity index (χ4n) is 1.29. The lowest BCUT2D eigenvalue weighted by molar-refractivity contribution is 0.102. The van der Waals surface area contributed by atoms with Gasteiger partial charge in [0, 0.05) is 3.57 Å². The third-order valence-corrected chi connectivity index (χ3v) is 3.59. The first-order valence-corrected chi connectivity index (χ1v) is 7.14. The van der Waals surface area contributed by atoms with Crippen LogP contribution in [-0.4, -0.2) is 16.1 Å². The quantitative estimate of drug-likeness (QED) is 0.726. The lowest BCUT2D eigenvalue weighted by atomic mass is 10.2. The van der Waals surface area contributed by atoms with E-state index < -0.39 is 5.91 Å². The minimum atomic E-state index is -0.454. The van der Waals surface area contributed by atoms with Gasteiger partial charge in [-0.25, -0.2) is 0 Å². The average molecular weight is 428 g/mol. The minimum absolute atomic E-state index is 0.0245. The predicted molar refractivity (Wildman–Crippen MR) is 84.2 cm³/mol. The van der Waals surface area contributed by atoms with Crippen LogP contribution in [0.5, 0.6) is 0 Å². The van der Waals surface area contributed by atoms with Gasteiger partial charge in [-0.1, -0.05) is 34.8 Å². The van der Waals surface area contributed by atoms with E-state index in [-0.39, 0.29) is 15.9 Å². The van der Waals surface area contributed by atoms with Gasteiger partial charge in [-0.15, -0.1) is 10.2 Å². The molecule has 0 unspecified atom stereocenters. The number of nitrogens with zero attached hydrogens (tertiary/aromatic N) is 2. The van der Waals surface area contributed by atoms with E-state index in [9.17, 15) is 4.79 Å². The highest BCUT2D eigenvalue weighted by Gasteiger charge is 2.14. The molecule has 98 valence electrons. The van der Waals surface area contributed by atoms with Gasteiger partial charge in [-0.3, -0.25) is 4.79 Å². The Morgan fingerprint density at radius 1 is 1.16 bits per heavy atom. The summed E-state index contributed by atoms with van der Waals surface area (Å²) < 4.78 is 0.965. The molecule has 2 aromatic rings. The first kappa shape index (κ1) is 14.8. The van der Waals surface area contributed by atoms with Gasteiger partial charge < -0.3 is 5.32 Å². The Morgan fingerprint density at radius 2 is 1.89 bits per heavy atom. The fraction of sp³-hybridized carbons (Fsp3) is 0. The van der Waals surface area contributed by atoms with Crippen molar-refractivity contribution < 1.29 is 4.79 Å². The maximum Gasteiger partial charge on any atom is 0.259 e. The molecule has 0 radical (unpaired) electrons. The summed E-state index contributed by atoms with van der Waals surface area (Å²) in [7, 11) is 0. The van der Waals surface area contributed by atoms with Gasteiger partial charge in [0.05, 0.1) is 16.3 Å². The monoisotopic (exact) mass is 427 g/mol. The van der Waals surface area contributed by atoms with Crippen LogP contribution in [0.25, 0.3) is 0 Å². The Bertz CT molecular complexity index is 651. The Morgan fingerprint density at radius 3 is 2.58 bits per heavy atom. The molecule has 0 bridgehead atoms. The largest absolute Gasteiger partial charge is 0.321 e. The molecule has 0 aliphatic rings. The molecule has 0 saturated heterocycles. The van der Waals surface area contributed by atoms with Crippen LogP contribution < -0.4 is 5.32 Å². The van der Waals surface area contributed by atoms with Crippen molar-refractivity contribution in [3.05, 3.63) is 48.7 Å². The van der Waals surface area contributed by atoms with Gasteiger partial charge >= 0.3 is 0 Å². The summed E-state index contributed by atoms with van der Waals surface area (Å²) in [6, 6.07) is 6.59. The molecular formula is C11H5Cl3IN3O. The molecule has 1 amide bonds.